The molecule has 0 fully saturated rings. The monoisotopic (exact) mass is 491 g/mol. The smallest absolute Gasteiger partial charge is 0.475 e. The van der Waals surface area contributed by atoms with Crippen molar-refractivity contribution in [3.63, 3.8) is 0 Å². The van der Waals surface area contributed by atoms with Gasteiger partial charge in [-0.3, -0.25) is 4.79 Å². The highest BCUT2D eigenvalue weighted by Crippen LogP contribution is 2.29. The van der Waals surface area contributed by atoms with Crippen LogP contribution in [0.25, 0.3) is 5.57 Å². The molecule has 11 heteroatoms. The number of aromatic nitrogens is 1. The van der Waals surface area contributed by atoms with E-state index in [2.05, 4.69) is 37.3 Å². The molecule has 0 saturated carbocycles. The third-order valence-corrected chi connectivity index (χ3v) is 5.42. The summed E-state index contributed by atoms with van der Waals surface area (Å²) in [5.41, 5.74) is 8.28. The van der Waals surface area contributed by atoms with Crippen molar-refractivity contribution in [1.82, 2.24) is 10.5 Å². The SMILES string of the molecule is CCCCCc1cc(C2=C[C@@H](OC(CC)CC)[C@H](NC(C)=O)[C@@H](N)C2)no1.O=C(O)C(F)(F)F. The van der Waals surface area contributed by atoms with Crippen LogP contribution in [-0.2, 0) is 20.7 Å². The van der Waals surface area contributed by atoms with Crippen molar-refractivity contribution in [2.75, 3.05) is 0 Å². The molecular formula is C23H36F3N3O5. The van der Waals surface area contributed by atoms with Gasteiger partial charge in [-0.2, -0.15) is 13.2 Å². The van der Waals surface area contributed by atoms with Gasteiger partial charge in [-0.25, -0.2) is 4.79 Å². The summed E-state index contributed by atoms with van der Waals surface area (Å²) in [5.74, 6) is -1.94. The summed E-state index contributed by atoms with van der Waals surface area (Å²) in [5, 5.41) is 14.3. The fraction of sp³-hybridized carbons (Fsp3) is 0.696. The van der Waals surface area contributed by atoms with Gasteiger partial charge in [-0.1, -0.05) is 38.8 Å². The highest BCUT2D eigenvalue weighted by Gasteiger charge is 2.38. The molecule has 194 valence electrons. The van der Waals surface area contributed by atoms with Crippen LogP contribution in [0.1, 0.15) is 77.7 Å². The number of nitrogens with one attached hydrogen (secondary N) is 1. The second kappa shape index (κ2) is 14.1. The quantitative estimate of drug-likeness (QED) is 0.418. The molecule has 0 radical (unpaired) electrons. The summed E-state index contributed by atoms with van der Waals surface area (Å²) < 4.78 is 43.5. The Labute approximate surface area is 198 Å². The van der Waals surface area contributed by atoms with Gasteiger partial charge in [0, 0.05) is 25.5 Å². The van der Waals surface area contributed by atoms with Crippen molar-refractivity contribution in [1.29, 1.82) is 0 Å². The molecule has 0 saturated heterocycles. The van der Waals surface area contributed by atoms with E-state index in [0.717, 1.165) is 42.7 Å². The maximum atomic E-state index is 11.6. The molecule has 1 aliphatic rings. The number of hydrogen-bond donors (Lipinski definition) is 3. The first kappa shape index (κ1) is 29.6. The van der Waals surface area contributed by atoms with Crippen molar-refractivity contribution in [3.8, 4) is 0 Å². The number of halogens is 3. The van der Waals surface area contributed by atoms with Crippen LogP contribution in [0.3, 0.4) is 0 Å². The fourth-order valence-corrected chi connectivity index (χ4v) is 3.57. The van der Waals surface area contributed by atoms with E-state index in [-0.39, 0.29) is 30.2 Å². The highest BCUT2D eigenvalue weighted by molar-refractivity contribution is 5.74. The Balaban J connectivity index is 0.000000718. The highest BCUT2D eigenvalue weighted by atomic mass is 19.4. The maximum Gasteiger partial charge on any atom is 0.490 e. The normalized spacial score (nSPS) is 20.4. The van der Waals surface area contributed by atoms with Gasteiger partial charge in [0.05, 0.1) is 18.2 Å². The van der Waals surface area contributed by atoms with Crippen LogP contribution in [0.2, 0.25) is 0 Å². The molecule has 2 rings (SSSR count). The van der Waals surface area contributed by atoms with Crippen LogP contribution < -0.4 is 11.1 Å². The van der Waals surface area contributed by atoms with Crippen LogP contribution in [0.4, 0.5) is 13.2 Å². The number of aliphatic carboxylic acids is 1. The molecule has 1 amide bonds. The van der Waals surface area contributed by atoms with E-state index in [1.165, 1.54) is 19.8 Å². The number of carboxylic acids is 1. The Morgan fingerprint density at radius 3 is 2.41 bits per heavy atom. The minimum absolute atomic E-state index is 0.0925. The number of carbonyl (C=O) groups is 2. The number of aryl methyl sites for hydroxylation is 1. The number of carbonyl (C=O) groups excluding carboxylic acids is 1. The molecular weight excluding hydrogens is 455 g/mol. The predicted octanol–water partition coefficient (Wildman–Crippen LogP) is 4.23. The van der Waals surface area contributed by atoms with Crippen LogP contribution >= 0.6 is 0 Å². The Kier molecular flexibility index (Phi) is 12.3. The first-order valence-electron chi connectivity index (χ1n) is 11.6. The summed E-state index contributed by atoms with van der Waals surface area (Å²) in [6, 6.07) is 1.55. The molecule has 0 spiro atoms. The van der Waals surface area contributed by atoms with Crippen molar-refractivity contribution < 1.29 is 37.1 Å². The summed E-state index contributed by atoms with van der Waals surface area (Å²) in [4.78, 5) is 20.5. The van der Waals surface area contributed by atoms with Gasteiger partial charge in [-0.05, 0) is 37.3 Å². The number of carboxylic acid groups (broad SMARTS) is 1. The first-order chi connectivity index (χ1) is 15.9. The minimum Gasteiger partial charge on any atom is -0.475 e. The van der Waals surface area contributed by atoms with Crippen LogP contribution in [0.5, 0.6) is 0 Å². The summed E-state index contributed by atoms with van der Waals surface area (Å²) in [6.45, 7) is 7.91. The Bertz CT molecular complexity index is 806. The minimum atomic E-state index is -5.08. The van der Waals surface area contributed by atoms with E-state index in [4.69, 9.17) is 24.9 Å². The van der Waals surface area contributed by atoms with E-state index in [9.17, 15) is 18.0 Å². The van der Waals surface area contributed by atoms with Crippen LogP contribution in [0, 0.1) is 0 Å². The molecule has 1 aromatic heterocycles. The summed E-state index contributed by atoms with van der Waals surface area (Å²) >= 11 is 0. The molecule has 1 heterocycles. The van der Waals surface area contributed by atoms with Gasteiger partial charge in [0.2, 0.25) is 5.91 Å². The van der Waals surface area contributed by atoms with E-state index in [1.54, 1.807) is 0 Å². The zero-order valence-corrected chi connectivity index (χ0v) is 20.2. The molecule has 1 aliphatic carbocycles. The number of ether oxygens (including phenoxy) is 1. The largest absolute Gasteiger partial charge is 0.490 e. The zero-order chi connectivity index (χ0) is 25.9. The second-order valence-corrected chi connectivity index (χ2v) is 8.26. The van der Waals surface area contributed by atoms with E-state index >= 15 is 0 Å². The van der Waals surface area contributed by atoms with Crippen molar-refractivity contribution in [2.45, 2.75) is 103 Å². The third kappa shape index (κ3) is 9.84. The lowest BCUT2D eigenvalue weighted by molar-refractivity contribution is -0.192. The van der Waals surface area contributed by atoms with E-state index < -0.39 is 12.1 Å². The van der Waals surface area contributed by atoms with Crippen LogP contribution in [-0.4, -0.2) is 52.6 Å². The van der Waals surface area contributed by atoms with E-state index in [1.807, 2.05) is 6.07 Å². The fourth-order valence-electron chi connectivity index (χ4n) is 3.57. The van der Waals surface area contributed by atoms with Crippen molar-refractivity contribution in [3.05, 3.63) is 23.6 Å². The lowest BCUT2D eigenvalue weighted by Crippen LogP contribution is -2.56. The number of amides is 1. The lowest BCUT2D eigenvalue weighted by atomic mass is 9.86. The molecule has 34 heavy (non-hydrogen) atoms. The van der Waals surface area contributed by atoms with Gasteiger partial charge in [0.15, 0.2) is 0 Å². The predicted molar refractivity (Wildman–Crippen MR) is 121 cm³/mol. The summed E-state index contributed by atoms with van der Waals surface area (Å²) in [6.07, 6.45) is 3.71. The first-order valence-corrected chi connectivity index (χ1v) is 11.6. The zero-order valence-electron chi connectivity index (χ0n) is 20.2. The van der Waals surface area contributed by atoms with Gasteiger partial charge < -0.3 is 25.4 Å². The lowest BCUT2D eigenvalue weighted by Gasteiger charge is -2.36. The number of hydrogen-bond acceptors (Lipinski definition) is 6. The molecule has 0 bridgehead atoms. The van der Waals surface area contributed by atoms with Crippen molar-refractivity contribution in [2.24, 2.45) is 5.73 Å². The molecule has 1 aromatic rings. The molecule has 8 nitrogen and oxygen atoms in total. The molecule has 0 aromatic carbocycles. The Morgan fingerprint density at radius 1 is 1.29 bits per heavy atom. The Hall–Kier alpha value is -2.40. The topological polar surface area (TPSA) is 128 Å². The average Bonchev–Trinajstić information content (AvgIpc) is 3.22. The molecule has 3 atom stereocenters. The van der Waals surface area contributed by atoms with Gasteiger partial charge in [0.25, 0.3) is 0 Å². The number of nitrogens with zero attached hydrogens (tertiary/aromatic N) is 1. The maximum absolute atomic E-state index is 11.6. The number of unbranched alkanes of at least 4 members (excludes halogenated alkanes) is 2. The number of rotatable bonds is 10. The molecule has 0 unspecified atom stereocenters. The number of alkyl halides is 3. The van der Waals surface area contributed by atoms with Gasteiger partial charge in [0.1, 0.15) is 11.5 Å². The average molecular weight is 492 g/mol. The van der Waals surface area contributed by atoms with Crippen LogP contribution in [0.15, 0.2) is 16.7 Å². The Morgan fingerprint density at radius 2 is 1.91 bits per heavy atom. The molecule has 4 N–H and O–H groups in total. The molecule has 0 aliphatic heterocycles. The third-order valence-electron chi connectivity index (χ3n) is 5.42. The number of nitrogens with two attached hydrogens (primary N) is 1. The van der Waals surface area contributed by atoms with E-state index in [0.29, 0.717) is 6.42 Å². The standard InChI is InChI=1S/C21H35N3O3.C2HF3O2/c1-5-8-9-10-17-13-19(24-27-17)15-11-18(22)21(23-14(4)25)20(12-15)26-16(6-2)7-3;3-2(4,5)1(6)7/h12-13,16,18,20-21H,5-11,22H2,1-4H3,(H,23,25);(H,6,7)/t18-,20+,21+;/m0./s1. The van der Waals surface area contributed by atoms with Crippen molar-refractivity contribution >= 4 is 17.4 Å². The second-order valence-electron chi connectivity index (χ2n) is 8.26. The van der Waals surface area contributed by atoms with Gasteiger partial charge >= 0.3 is 12.1 Å². The van der Waals surface area contributed by atoms with Gasteiger partial charge in [-0.15, -0.1) is 0 Å². The summed E-state index contributed by atoms with van der Waals surface area (Å²) in [7, 11) is 0.